The Labute approximate surface area is 143 Å². The molecule has 0 N–H and O–H groups in total. The van der Waals surface area contributed by atoms with Gasteiger partial charge in [-0.2, -0.15) is 9.61 Å². The van der Waals surface area contributed by atoms with Crippen molar-refractivity contribution in [2.75, 3.05) is 7.11 Å². The molecule has 0 aliphatic carbocycles. The Morgan fingerprint density at radius 3 is 2.96 bits per heavy atom. The number of rotatable bonds is 5. The van der Waals surface area contributed by atoms with Crippen LogP contribution in [0.3, 0.4) is 0 Å². The molecule has 0 fully saturated rings. The fourth-order valence-corrected chi connectivity index (χ4v) is 4.27. The molecular formula is C17H19N5OS. The highest BCUT2D eigenvalue weighted by atomic mass is 32.1. The highest BCUT2D eigenvalue weighted by Gasteiger charge is 2.18. The second-order valence-electron chi connectivity index (χ2n) is 5.94. The van der Waals surface area contributed by atoms with Gasteiger partial charge in [-0.3, -0.25) is 0 Å². The third-order valence-corrected chi connectivity index (χ3v) is 5.21. The van der Waals surface area contributed by atoms with Crippen molar-refractivity contribution in [3.8, 4) is 0 Å². The summed E-state index contributed by atoms with van der Waals surface area (Å²) in [7, 11) is 1.72. The number of aryl methyl sites for hydroxylation is 2. The van der Waals surface area contributed by atoms with Gasteiger partial charge in [-0.05, 0) is 25.0 Å². The Morgan fingerprint density at radius 2 is 2.17 bits per heavy atom. The van der Waals surface area contributed by atoms with Crippen LogP contribution in [0.1, 0.15) is 36.8 Å². The summed E-state index contributed by atoms with van der Waals surface area (Å²) in [6, 6.07) is 2.08. The Bertz CT molecular complexity index is 1040. The number of hydrogen-bond acceptors (Lipinski definition) is 6. The molecule has 4 aromatic rings. The SMILES string of the molecule is CCCCc1nc2c(sc3nc(C)cc(COC)c32)c2ncnn12. The van der Waals surface area contributed by atoms with Crippen LogP contribution in [0.15, 0.2) is 12.4 Å². The number of pyridine rings is 1. The van der Waals surface area contributed by atoms with Crippen molar-refractivity contribution in [3.63, 3.8) is 0 Å². The summed E-state index contributed by atoms with van der Waals surface area (Å²) in [5.74, 6) is 0.959. The average molecular weight is 341 g/mol. The highest BCUT2D eigenvalue weighted by molar-refractivity contribution is 7.26. The molecule has 0 aliphatic rings. The normalized spacial score (nSPS) is 12.0. The average Bonchev–Trinajstić information content (AvgIpc) is 3.16. The van der Waals surface area contributed by atoms with Crippen molar-refractivity contribution in [1.82, 2.24) is 24.6 Å². The van der Waals surface area contributed by atoms with Crippen molar-refractivity contribution in [2.24, 2.45) is 0 Å². The van der Waals surface area contributed by atoms with Crippen molar-refractivity contribution < 1.29 is 4.74 Å². The Morgan fingerprint density at radius 1 is 1.29 bits per heavy atom. The first-order chi connectivity index (χ1) is 11.7. The summed E-state index contributed by atoms with van der Waals surface area (Å²) in [4.78, 5) is 15.1. The van der Waals surface area contributed by atoms with Gasteiger partial charge in [0.15, 0.2) is 5.65 Å². The minimum atomic E-state index is 0.551. The molecule has 0 atom stereocenters. The van der Waals surface area contributed by atoms with Gasteiger partial charge in [0, 0.05) is 24.6 Å². The van der Waals surface area contributed by atoms with Gasteiger partial charge in [0.05, 0.1) is 12.1 Å². The molecule has 0 bridgehead atoms. The second kappa shape index (κ2) is 6.07. The minimum absolute atomic E-state index is 0.551. The van der Waals surface area contributed by atoms with E-state index >= 15 is 0 Å². The maximum Gasteiger partial charge on any atom is 0.176 e. The molecule has 0 saturated heterocycles. The largest absolute Gasteiger partial charge is 0.380 e. The van der Waals surface area contributed by atoms with E-state index in [2.05, 4.69) is 23.1 Å². The number of unbranched alkanes of at least 4 members (excludes halogenated alkanes) is 1. The third kappa shape index (κ3) is 2.35. The first-order valence-electron chi connectivity index (χ1n) is 8.13. The third-order valence-electron chi connectivity index (χ3n) is 4.14. The number of aromatic nitrogens is 5. The number of ether oxygens (including phenoxy) is 1. The lowest BCUT2D eigenvalue weighted by molar-refractivity contribution is 0.186. The van der Waals surface area contributed by atoms with E-state index < -0.39 is 0 Å². The lowest BCUT2D eigenvalue weighted by atomic mass is 10.1. The van der Waals surface area contributed by atoms with Gasteiger partial charge in [0.25, 0.3) is 0 Å². The molecule has 0 radical (unpaired) electrons. The number of nitrogens with zero attached hydrogens (tertiary/aromatic N) is 5. The van der Waals surface area contributed by atoms with Gasteiger partial charge in [-0.25, -0.2) is 15.0 Å². The maximum atomic E-state index is 5.39. The van der Waals surface area contributed by atoms with Crippen molar-refractivity contribution in [2.45, 2.75) is 39.7 Å². The van der Waals surface area contributed by atoms with Gasteiger partial charge < -0.3 is 4.74 Å². The lowest BCUT2D eigenvalue weighted by Gasteiger charge is -2.06. The van der Waals surface area contributed by atoms with E-state index in [1.165, 1.54) is 0 Å². The Balaban J connectivity index is 2.09. The summed E-state index contributed by atoms with van der Waals surface area (Å²) in [6.45, 7) is 4.74. The summed E-state index contributed by atoms with van der Waals surface area (Å²) in [5.41, 5.74) is 3.96. The second-order valence-corrected chi connectivity index (χ2v) is 6.94. The molecule has 24 heavy (non-hydrogen) atoms. The van der Waals surface area contributed by atoms with Crippen LogP contribution in [0.4, 0.5) is 0 Å². The van der Waals surface area contributed by atoms with E-state index in [0.29, 0.717) is 6.61 Å². The zero-order valence-corrected chi connectivity index (χ0v) is 14.9. The monoisotopic (exact) mass is 341 g/mol. The molecule has 0 amide bonds. The molecule has 0 saturated carbocycles. The quantitative estimate of drug-likeness (QED) is 0.554. The molecule has 7 heteroatoms. The predicted molar refractivity (Wildman–Crippen MR) is 95.5 cm³/mol. The summed E-state index contributed by atoms with van der Waals surface area (Å²) in [5, 5.41) is 5.46. The summed E-state index contributed by atoms with van der Waals surface area (Å²) in [6.07, 6.45) is 4.70. The Kier molecular flexibility index (Phi) is 3.90. The first kappa shape index (κ1) is 15.4. The van der Waals surface area contributed by atoms with Gasteiger partial charge >= 0.3 is 0 Å². The molecule has 4 aromatic heterocycles. The van der Waals surface area contributed by atoms with E-state index in [1.54, 1.807) is 24.8 Å². The van der Waals surface area contributed by atoms with Crippen LogP contribution in [0.5, 0.6) is 0 Å². The number of hydrogen-bond donors (Lipinski definition) is 0. The molecule has 124 valence electrons. The van der Waals surface area contributed by atoms with Crippen LogP contribution in [0.25, 0.3) is 26.1 Å². The number of methoxy groups -OCH3 is 1. The maximum absolute atomic E-state index is 5.39. The molecule has 0 unspecified atom stereocenters. The zero-order chi connectivity index (χ0) is 16.7. The number of fused-ring (bicyclic) bond motifs is 5. The van der Waals surface area contributed by atoms with E-state index in [-0.39, 0.29) is 0 Å². The zero-order valence-electron chi connectivity index (χ0n) is 14.0. The Hall–Kier alpha value is -2.12. The molecule has 0 spiro atoms. The summed E-state index contributed by atoms with van der Waals surface area (Å²) >= 11 is 1.63. The lowest BCUT2D eigenvalue weighted by Crippen LogP contribution is -2.03. The van der Waals surface area contributed by atoms with Crippen molar-refractivity contribution >= 4 is 37.4 Å². The smallest absolute Gasteiger partial charge is 0.176 e. The van der Waals surface area contributed by atoms with Gasteiger partial charge in [-0.1, -0.05) is 13.3 Å². The van der Waals surface area contributed by atoms with Gasteiger partial charge in [-0.15, -0.1) is 11.3 Å². The molecular weight excluding hydrogens is 322 g/mol. The van der Waals surface area contributed by atoms with Crippen molar-refractivity contribution in [1.29, 1.82) is 0 Å². The molecule has 4 heterocycles. The van der Waals surface area contributed by atoms with Crippen molar-refractivity contribution in [3.05, 3.63) is 29.5 Å². The fourth-order valence-electron chi connectivity index (χ4n) is 3.08. The topological polar surface area (TPSA) is 65.2 Å². The summed E-state index contributed by atoms with van der Waals surface area (Å²) < 4.78 is 8.30. The minimum Gasteiger partial charge on any atom is -0.380 e. The van der Waals surface area contributed by atoms with Crippen LogP contribution in [-0.2, 0) is 17.8 Å². The first-order valence-corrected chi connectivity index (χ1v) is 8.94. The van der Waals surface area contributed by atoms with Gasteiger partial charge in [0.1, 0.15) is 21.7 Å². The highest BCUT2D eigenvalue weighted by Crippen LogP contribution is 2.36. The fraction of sp³-hybridized carbons (Fsp3) is 0.412. The molecule has 0 aromatic carbocycles. The van der Waals surface area contributed by atoms with Crippen LogP contribution < -0.4 is 0 Å². The van der Waals surface area contributed by atoms with E-state index in [4.69, 9.17) is 14.7 Å². The van der Waals surface area contributed by atoms with E-state index in [1.807, 2.05) is 11.4 Å². The molecule has 6 nitrogen and oxygen atoms in total. The van der Waals surface area contributed by atoms with E-state index in [0.717, 1.165) is 62.4 Å². The molecule has 4 rings (SSSR count). The van der Waals surface area contributed by atoms with Crippen LogP contribution in [-0.4, -0.2) is 31.7 Å². The van der Waals surface area contributed by atoms with E-state index in [9.17, 15) is 0 Å². The standard InChI is InChI=1S/C17H19N5OS/c1-4-5-6-12-21-14-13-11(8-23-3)7-10(2)20-17(13)24-15(14)16-18-9-19-22(12)16/h7,9H,4-6,8H2,1-3H3. The molecule has 0 aliphatic heterocycles. The van der Waals surface area contributed by atoms with Crippen LogP contribution >= 0.6 is 11.3 Å². The predicted octanol–water partition coefficient (Wildman–Crippen LogP) is 3.68. The van der Waals surface area contributed by atoms with Gasteiger partial charge in [0.2, 0.25) is 0 Å². The van der Waals surface area contributed by atoms with Crippen LogP contribution in [0.2, 0.25) is 0 Å². The van der Waals surface area contributed by atoms with Crippen LogP contribution in [0, 0.1) is 6.92 Å². The number of thiophene rings is 1.